The van der Waals surface area contributed by atoms with E-state index < -0.39 is 0 Å². The number of thiophene rings is 2. The van der Waals surface area contributed by atoms with Crippen LogP contribution in [0.2, 0.25) is 0 Å². The van der Waals surface area contributed by atoms with E-state index in [0.29, 0.717) is 34.4 Å². The summed E-state index contributed by atoms with van der Waals surface area (Å²) in [5.41, 5.74) is 5.01. The van der Waals surface area contributed by atoms with E-state index in [0.717, 1.165) is 40.5 Å². The number of hydrogen-bond acceptors (Lipinski definition) is 5. The molecule has 0 saturated carbocycles. The summed E-state index contributed by atoms with van der Waals surface area (Å²) < 4.78 is 6.47. The number of aryl methyl sites for hydroxylation is 1. The summed E-state index contributed by atoms with van der Waals surface area (Å²) in [6, 6.07) is 16.6. The first-order valence-electron chi connectivity index (χ1n) is 12.1. The van der Waals surface area contributed by atoms with E-state index >= 15 is 0 Å². The third kappa shape index (κ3) is 4.78. The van der Waals surface area contributed by atoms with Gasteiger partial charge in [0.15, 0.2) is 0 Å². The minimum Gasteiger partial charge on any atom is -0.462 e. The van der Waals surface area contributed by atoms with Crippen LogP contribution in [0.25, 0.3) is 10.1 Å². The minimum atomic E-state index is -0.342. The Morgan fingerprint density at radius 1 is 1.09 bits per heavy atom. The van der Waals surface area contributed by atoms with Gasteiger partial charge >= 0.3 is 5.97 Å². The first-order valence-corrected chi connectivity index (χ1v) is 13.8. The summed E-state index contributed by atoms with van der Waals surface area (Å²) in [7, 11) is 0. The second-order valence-electron chi connectivity index (χ2n) is 9.30. The third-order valence-electron chi connectivity index (χ3n) is 6.62. The number of amides is 1. The zero-order valence-corrected chi connectivity index (χ0v) is 21.9. The van der Waals surface area contributed by atoms with Gasteiger partial charge in [-0.2, -0.15) is 0 Å². The van der Waals surface area contributed by atoms with E-state index in [1.807, 2.05) is 19.1 Å². The molecule has 2 aromatic heterocycles. The molecule has 1 aliphatic carbocycles. The van der Waals surface area contributed by atoms with Crippen LogP contribution in [-0.4, -0.2) is 18.5 Å². The fraction of sp³-hybridized carbons (Fsp3) is 0.310. The number of ether oxygens (including phenoxy) is 1. The molecule has 4 aromatic rings. The molecule has 1 unspecified atom stereocenters. The standard InChI is InChI=1S/C29H29NO3S2/c1-4-33-29(32)25-21-14-11-18(3)15-24(21)35-28(25)30-27(31)26-22(16-19-12-9-17(2)10-13-19)20-7-5-6-8-23(20)34-26/h5-10,12-13,18H,4,11,14-16H2,1-3H3,(H,30,31). The average molecular weight is 504 g/mol. The zero-order chi connectivity index (χ0) is 24.5. The third-order valence-corrected chi connectivity index (χ3v) is 9.01. The Labute approximate surface area is 214 Å². The van der Waals surface area contributed by atoms with Crippen molar-refractivity contribution in [2.75, 3.05) is 11.9 Å². The maximum absolute atomic E-state index is 13.7. The smallest absolute Gasteiger partial charge is 0.341 e. The Hall–Kier alpha value is -2.96. The van der Waals surface area contributed by atoms with Crippen molar-refractivity contribution in [1.82, 2.24) is 0 Å². The summed E-state index contributed by atoms with van der Waals surface area (Å²) in [5, 5.41) is 4.85. The van der Waals surface area contributed by atoms with Crippen molar-refractivity contribution in [1.29, 1.82) is 0 Å². The number of hydrogen-bond donors (Lipinski definition) is 1. The van der Waals surface area contributed by atoms with E-state index in [2.05, 4.69) is 55.6 Å². The Bertz CT molecular complexity index is 1400. The highest BCUT2D eigenvalue weighted by Gasteiger charge is 2.30. The number of anilines is 1. The lowest BCUT2D eigenvalue weighted by Gasteiger charge is -2.18. The number of fused-ring (bicyclic) bond motifs is 2. The summed E-state index contributed by atoms with van der Waals surface area (Å²) in [4.78, 5) is 28.5. The Balaban J connectivity index is 1.53. The van der Waals surface area contributed by atoms with Crippen LogP contribution >= 0.6 is 22.7 Å². The lowest BCUT2D eigenvalue weighted by atomic mass is 9.88. The molecule has 0 saturated heterocycles. The highest BCUT2D eigenvalue weighted by Crippen LogP contribution is 2.41. The van der Waals surface area contributed by atoms with Gasteiger partial charge in [-0.3, -0.25) is 4.79 Å². The van der Waals surface area contributed by atoms with Gasteiger partial charge in [0.2, 0.25) is 0 Å². The molecular weight excluding hydrogens is 474 g/mol. The molecule has 0 spiro atoms. The molecular formula is C29H29NO3S2. The van der Waals surface area contributed by atoms with Crippen molar-refractivity contribution in [3.63, 3.8) is 0 Å². The SMILES string of the molecule is CCOC(=O)c1c(NC(=O)c2sc3ccccc3c2Cc2ccc(C)cc2)sc2c1CCC(C)C2. The lowest BCUT2D eigenvalue weighted by molar-refractivity contribution is 0.0526. The minimum absolute atomic E-state index is 0.162. The molecule has 4 nitrogen and oxygen atoms in total. The summed E-state index contributed by atoms with van der Waals surface area (Å²) in [6.07, 6.45) is 3.50. The van der Waals surface area contributed by atoms with Gasteiger partial charge in [-0.1, -0.05) is 55.0 Å². The molecule has 0 aliphatic heterocycles. The maximum Gasteiger partial charge on any atom is 0.341 e. The zero-order valence-electron chi connectivity index (χ0n) is 20.3. The van der Waals surface area contributed by atoms with Gasteiger partial charge in [0.1, 0.15) is 5.00 Å². The molecule has 1 amide bonds. The summed E-state index contributed by atoms with van der Waals surface area (Å²) in [5.74, 6) is 0.0695. The fourth-order valence-corrected chi connectivity index (χ4v) is 7.30. The maximum atomic E-state index is 13.7. The molecule has 1 N–H and O–H groups in total. The Morgan fingerprint density at radius 3 is 2.63 bits per heavy atom. The molecule has 5 rings (SSSR count). The lowest BCUT2D eigenvalue weighted by Crippen LogP contribution is -2.17. The van der Waals surface area contributed by atoms with E-state index in [1.54, 1.807) is 0 Å². The number of carbonyl (C=O) groups is 2. The molecule has 1 aliphatic rings. The topological polar surface area (TPSA) is 55.4 Å². The molecule has 0 radical (unpaired) electrons. The van der Waals surface area contributed by atoms with Crippen molar-refractivity contribution in [3.05, 3.63) is 86.1 Å². The predicted molar refractivity (Wildman–Crippen MR) is 145 cm³/mol. The average Bonchev–Trinajstić information content (AvgIpc) is 3.38. The normalized spacial score (nSPS) is 15.1. The van der Waals surface area contributed by atoms with Gasteiger partial charge in [-0.05, 0) is 73.6 Å². The number of esters is 1. The van der Waals surface area contributed by atoms with Gasteiger partial charge in [-0.25, -0.2) is 4.79 Å². The van der Waals surface area contributed by atoms with Crippen molar-refractivity contribution in [3.8, 4) is 0 Å². The number of rotatable bonds is 6. The van der Waals surface area contributed by atoms with Crippen LogP contribution in [0.4, 0.5) is 5.00 Å². The second-order valence-corrected chi connectivity index (χ2v) is 11.5. The summed E-state index contributed by atoms with van der Waals surface area (Å²) >= 11 is 3.04. The van der Waals surface area contributed by atoms with Gasteiger partial charge in [0.05, 0.1) is 17.0 Å². The highest BCUT2D eigenvalue weighted by atomic mass is 32.1. The van der Waals surface area contributed by atoms with Crippen LogP contribution < -0.4 is 5.32 Å². The van der Waals surface area contributed by atoms with Crippen LogP contribution in [0, 0.1) is 12.8 Å². The molecule has 35 heavy (non-hydrogen) atoms. The second kappa shape index (κ2) is 9.96. The van der Waals surface area contributed by atoms with Crippen LogP contribution in [0.5, 0.6) is 0 Å². The molecule has 2 heterocycles. The fourth-order valence-electron chi connectivity index (χ4n) is 4.79. The Morgan fingerprint density at radius 2 is 1.86 bits per heavy atom. The molecule has 6 heteroatoms. The van der Waals surface area contributed by atoms with Crippen LogP contribution in [0.1, 0.15) is 67.4 Å². The molecule has 0 bridgehead atoms. The van der Waals surface area contributed by atoms with Crippen molar-refractivity contribution in [2.45, 2.75) is 46.5 Å². The highest BCUT2D eigenvalue weighted by molar-refractivity contribution is 7.21. The molecule has 180 valence electrons. The molecule has 2 aromatic carbocycles. The number of nitrogens with one attached hydrogen (secondary N) is 1. The number of benzene rings is 2. The quantitative estimate of drug-likeness (QED) is 0.279. The van der Waals surface area contributed by atoms with Crippen molar-refractivity contribution in [2.24, 2.45) is 5.92 Å². The molecule has 0 fully saturated rings. The van der Waals surface area contributed by atoms with Gasteiger partial charge in [0, 0.05) is 9.58 Å². The Kier molecular flexibility index (Phi) is 6.76. The van der Waals surface area contributed by atoms with E-state index in [9.17, 15) is 9.59 Å². The van der Waals surface area contributed by atoms with Gasteiger partial charge < -0.3 is 10.1 Å². The van der Waals surface area contributed by atoms with Crippen LogP contribution in [0.3, 0.4) is 0 Å². The first kappa shape index (κ1) is 23.8. The van der Waals surface area contributed by atoms with Gasteiger partial charge in [-0.15, -0.1) is 22.7 Å². The largest absolute Gasteiger partial charge is 0.462 e. The van der Waals surface area contributed by atoms with Crippen LogP contribution in [-0.2, 0) is 24.0 Å². The van der Waals surface area contributed by atoms with Crippen LogP contribution in [0.15, 0.2) is 48.5 Å². The molecule has 1 atom stereocenters. The van der Waals surface area contributed by atoms with Crippen molar-refractivity contribution < 1.29 is 14.3 Å². The first-order chi connectivity index (χ1) is 16.9. The van der Waals surface area contributed by atoms with Gasteiger partial charge in [0.25, 0.3) is 5.91 Å². The van der Waals surface area contributed by atoms with E-state index in [1.165, 1.54) is 38.7 Å². The predicted octanol–water partition coefficient (Wildman–Crippen LogP) is 7.42. The number of carbonyl (C=O) groups excluding carboxylic acids is 2. The van der Waals surface area contributed by atoms with E-state index in [4.69, 9.17) is 4.74 Å². The van der Waals surface area contributed by atoms with E-state index in [-0.39, 0.29) is 11.9 Å². The monoisotopic (exact) mass is 503 g/mol. The van der Waals surface area contributed by atoms with Crippen molar-refractivity contribution >= 4 is 49.6 Å². The summed E-state index contributed by atoms with van der Waals surface area (Å²) in [6.45, 7) is 6.43.